The first kappa shape index (κ1) is 14.0. The van der Waals surface area contributed by atoms with Crippen molar-refractivity contribution in [3.8, 4) is 12.1 Å². The van der Waals surface area contributed by atoms with Gasteiger partial charge in [-0.15, -0.1) is 11.3 Å². The van der Waals surface area contributed by atoms with Crippen LogP contribution in [0.25, 0.3) is 0 Å². The molecule has 0 aliphatic heterocycles. The predicted molar refractivity (Wildman–Crippen MR) is 79.5 cm³/mol. The second-order valence-electron chi connectivity index (χ2n) is 4.53. The second kappa shape index (κ2) is 5.73. The molecule has 0 saturated heterocycles. The summed E-state index contributed by atoms with van der Waals surface area (Å²) in [6.45, 7) is 6.05. The summed E-state index contributed by atoms with van der Waals surface area (Å²) in [4.78, 5) is 5.60. The number of nitrogens with one attached hydrogen (secondary N) is 1. The number of rotatable bonds is 3. The van der Waals surface area contributed by atoms with E-state index >= 15 is 0 Å². The summed E-state index contributed by atoms with van der Waals surface area (Å²) in [5, 5.41) is 22.3. The minimum Gasteiger partial charge on any atom is -0.378 e. The van der Waals surface area contributed by atoms with E-state index in [-0.39, 0.29) is 6.04 Å². The van der Waals surface area contributed by atoms with Gasteiger partial charge in [0.05, 0.1) is 27.9 Å². The number of thiazole rings is 1. The molecule has 0 saturated carbocycles. The standard InChI is InChI=1S/C15H14N4S/c1-9-15(20-11(3)18-9)10(2)19-14-5-4-12(7-16)13(6-14)8-17/h4-6,10,19H,1-3H3. The third kappa shape index (κ3) is 2.79. The zero-order valence-corrected chi connectivity index (χ0v) is 12.4. The van der Waals surface area contributed by atoms with Gasteiger partial charge >= 0.3 is 0 Å². The van der Waals surface area contributed by atoms with Crippen LogP contribution in [0, 0.1) is 36.5 Å². The van der Waals surface area contributed by atoms with E-state index in [0.717, 1.165) is 16.4 Å². The lowest BCUT2D eigenvalue weighted by molar-refractivity contribution is 0.889. The molecule has 0 aliphatic rings. The summed E-state index contributed by atoms with van der Waals surface area (Å²) in [5.74, 6) is 0. The molecule has 1 aromatic heterocycles. The van der Waals surface area contributed by atoms with Gasteiger partial charge < -0.3 is 5.32 Å². The Bertz CT molecular complexity index is 718. The maximum absolute atomic E-state index is 9.04. The largest absolute Gasteiger partial charge is 0.378 e. The fourth-order valence-corrected chi connectivity index (χ4v) is 3.02. The highest BCUT2D eigenvalue weighted by atomic mass is 32.1. The van der Waals surface area contributed by atoms with Crippen molar-refractivity contribution in [1.29, 1.82) is 10.5 Å². The molecule has 0 bridgehead atoms. The van der Waals surface area contributed by atoms with Gasteiger partial charge in [0.2, 0.25) is 0 Å². The number of nitriles is 2. The number of hydrogen-bond donors (Lipinski definition) is 1. The van der Waals surface area contributed by atoms with Crippen LogP contribution in [0.4, 0.5) is 5.69 Å². The Balaban J connectivity index is 2.25. The lowest BCUT2D eigenvalue weighted by Crippen LogP contribution is -2.06. The number of hydrogen-bond acceptors (Lipinski definition) is 5. The molecule has 0 radical (unpaired) electrons. The molecule has 1 atom stereocenters. The molecule has 20 heavy (non-hydrogen) atoms. The first-order valence-electron chi connectivity index (χ1n) is 6.20. The van der Waals surface area contributed by atoms with Crippen LogP contribution in [0.15, 0.2) is 18.2 Å². The molecule has 1 N–H and O–H groups in total. The molecule has 0 fully saturated rings. The van der Waals surface area contributed by atoms with E-state index in [1.807, 2.05) is 32.1 Å². The molecule has 0 aliphatic carbocycles. The van der Waals surface area contributed by atoms with Gasteiger partial charge in [0, 0.05) is 10.6 Å². The van der Waals surface area contributed by atoms with Crippen molar-refractivity contribution in [3.05, 3.63) is 44.9 Å². The van der Waals surface area contributed by atoms with Gasteiger partial charge in [0.1, 0.15) is 12.1 Å². The fourth-order valence-electron chi connectivity index (χ4n) is 2.09. The van der Waals surface area contributed by atoms with Gasteiger partial charge in [0.15, 0.2) is 0 Å². The summed E-state index contributed by atoms with van der Waals surface area (Å²) in [7, 11) is 0. The maximum atomic E-state index is 9.04. The van der Waals surface area contributed by atoms with Crippen LogP contribution in [-0.2, 0) is 0 Å². The Morgan fingerprint density at radius 3 is 2.45 bits per heavy atom. The first-order chi connectivity index (χ1) is 9.55. The monoisotopic (exact) mass is 282 g/mol. The summed E-state index contributed by atoms with van der Waals surface area (Å²) in [6.07, 6.45) is 0. The van der Waals surface area contributed by atoms with Crippen LogP contribution in [-0.4, -0.2) is 4.98 Å². The van der Waals surface area contributed by atoms with Crippen LogP contribution in [0.3, 0.4) is 0 Å². The number of benzene rings is 1. The van der Waals surface area contributed by atoms with Gasteiger partial charge in [0.25, 0.3) is 0 Å². The van der Waals surface area contributed by atoms with Crippen LogP contribution in [0.1, 0.15) is 39.7 Å². The van der Waals surface area contributed by atoms with Gasteiger partial charge in [-0.2, -0.15) is 10.5 Å². The predicted octanol–water partition coefficient (Wildman–Crippen LogP) is 3.68. The molecule has 100 valence electrons. The molecule has 5 heteroatoms. The van der Waals surface area contributed by atoms with Gasteiger partial charge in [-0.3, -0.25) is 0 Å². The third-order valence-electron chi connectivity index (χ3n) is 2.98. The number of anilines is 1. The molecule has 4 nitrogen and oxygen atoms in total. The number of aryl methyl sites for hydroxylation is 2. The third-order valence-corrected chi connectivity index (χ3v) is 4.23. The highest BCUT2D eigenvalue weighted by Gasteiger charge is 2.13. The van der Waals surface area contributed by atoms with Gasteiger partial charge in [-0.25, -0.2) is 4.98 Å². The molecule has 0 spiro atoms. The van der Waals surface area contributed by atoms with Crippen molar-refractivity contribution in [2.24, 2.45) is 0 Å². The smallest absolute Gasteiger partial charge is 0.101 e. The Morgan fingerprint density at radius 1 is 1.20 bits per heavy atom. The maximum Gasteiger partial charge on any atom is 0.101 e. The van der Waals surface area contributed by atoms with E-state index < -0.39 is 0 Å². The molecule has 1 heterocycles. The van der Waals surface area contributed by atoms with Crippen LogP contribution in [0.5, 0.6) is 0 Å². The average Bonchev–Trinajstić information content (AvgIpc) is 2.77. The average molecular weight is 282 g/mol. The van der Waals surface area contributed by atoms with Crippen molar-refractivity contribution < 1.29 is 0 Å². The molecule has 1 aromatic carbocycles. The molecule has 1 unspecified atom stereocenters. The van der Waals surface area contributed by atoms with Gasteiger partial charge in [-0.1, -0.05) is 0 Å². The molecule has 0 amide bonds. The Labute approximate surface area is 122 Å². The first-order valence-corrected chi connectivity index (χ1v) is 7.01. The van der Waals surface area contributed by atoms with Gasteiger partial charge in [-0.05, 0) is 39.0 Å². The SMILES string of the molecule is Cc1nc(C)c(C(C)Nc2ccc(C#N)c(C#N)c2)s1. The quantitative estimate of drug-likeness (QED) is 0.932. The van der Waals surface area contributed by atoms with E-state index in [2.05, 4.69) is 17.2 Å². The van der Waals surface area contributed by atoms with Crippen LogP contribution >= 0.6 is 11.3 Å². The van der Waals surface area contributed by atoms with Crippen LogP contribution in [0.2, 0.25) is 0 Å². The summed E-state index contributed by atoms with van der Waals surface area (Å²) < 4.78 is 0. The van der Waals surface area contributed by atoms with Crippen molar-refractivity contribution in [2.75, 3.05) is 5.32 Å². The number of nitrogens with zero attached hydrogens (tertiary/aromatic N) is 3. The Kier molecular flexibility index (Phi) is 4.02. The Morgan fingerprint density at radius 2 is 1.90 bits per heavy atom. The summed E-state index contributed by atoms with van der Waals surface area (Å²) in [6, 6.07) is 9.36. The minimum absolute atomic E-state index is 0.112. The van der Waals surface area contributed by atoms with E-state index in [1.165, 1.54) is 4.88 Å². The van der Waals surface area contributed by atoms with Crippen molar-refractivity contribution in [1.82, 2.24) is 4.98 Å². The lowest BCUT2D eigenvalue weighted by Gasteiger charge is -2.14. The zero-order chi connectivity index (χ0) is 14.7. The second-order valence-corrected chi connectivity index (χ2v) is 5.77. The number of aromatic nitrogens is 1. The molecule has 2 aromatic rings. The normalized spacial score (nSPS) is 11.4. The molecule has 2 rings (SSSR count). The fraction of sp³-hybridized carbons (Fsp3) is 0.267. The highest BCUT2D eigenvalue weighted by Crippen LogP contribution is 2.28. The summed E-state index contributed by atoms with van der Waals surface area (Å²) >= 11 is 1.67. The highest BCUT2D eigenvalue weighted by molar-refractivity contribution is 7.11. The topological polar surface area (TPSA) is 72.5 Å². The van der Waals surface area contributed by atoms with E-state index in [0.29, 0.717) is 11.1 Å². The zero-order valence-electron chi connectivity index (χ0n) is 11.6. The molecular formula is C15H14N4S. The molecular weight excluding hydrogens is 268 g/mol. The lowest BCUT2D eigenvalue weighted by atomic mass is 10.1. The van der Waals surface area contributed by atoms with Crippen molar-refractivity contribution >= 4 is 17.0 Å². The van der Waals surface area contributed by atoms with E-state index in [1.54, 1.807) is 23.5 Å². The van der Waals surface area contributed by atoms with E-state index in [4.69, 9.17) is 10.5 Å². The van der Waals surface area contributed by atoms with Crippen molar-refractivity contribution in [3.63, 3.8) is 0 Å². The van der Waals surface area contributed by atoms with Crippen LogP contribution < -0.4 is 5.32 Å². The van der Waals surface area contributed by atoms with Crippen molar-refractivity contribution in [2.45, 2.75) is 26.8 Å². The Hall–Kier alpha value is -2.37. The summed E-state index contributed by atoms with van der Waals surface area (Å²) in [5.41, 5.74) is 2.65. The van der Waals surface area contributed by atoms with E-state index in [9.17, 15) is 0 Å². The minimum atomic E-state index is 0.112.